The van der Waals surface area contributed by atoms with E-state index in [-0.39, 0.29) is 19.6 Å². The molecule has 1 aromatic rings. The highest BCUT2D eigenvalue weighted by atomic mass is 16.5. The molecule has 1 aromatic carbocycles. The van der Waals surface area contributed by atoms with Gasteiger partial charge in [0.2, 0.25) is 5.91 Å². The first-order valence-corrected chi connectivity index (χ1v) is 7.54. The molecule has 0 bridgehead atoms. The van der Waals surface area contributed by atoms with Crippen LogP contribution >= 0.6 is 0 Å². The number of hydrogen-bond donors (Lipinski definition) is 1. The number of methoxy groups -OCH3 is 2. The van der Waals surface area contributed by atoms with Crippen LogP contribution in [0.4, 0.5) is 0 Å². The van der Waals surface area contributed by atoms with E-state index < -0.39 is 29.8 Å². The summed E-state index contributed by atoms with van der Waals surface area (Å²) in [7, 11) is 2.48. The normalized spacial score (nSPS) is 12.8. The number of benzene rings is 1. The summed E-state index contributed by atoms with van der Waals surface area (Å²) < 4.78 is 14.6. The van der Waals surface area contributed by atoms with Crippen molar-refractivity contribution in [1.29, 1.82) is 0 Å². The van der Waals surface area contributed by atoms with Gasteiger partial charge in [-0.15, -0.1) is 0 Å². The molecule has 2 atom stereocenters. The Morgan fingerprint density at radius 2 is 1.67 bits per heavy atom. The molecule has 0 aromatic heterocycles. The van der Waals surface area contributed by atoms with Crippen molar-refractivity contribution in [2.24, 2.45) is 5.92 Å². The van der Waals surface area contributed by atoms with Crippen LogP contribution in [0.5, 0.6) is 0 Å². The number of carbonyl (C=O) groups excluding carboxylic acids is 3. The van der Waals surface area contributed by atoms with Gasteiger partial charge in [0, 0.05) is 0 Å². The summed E-state index contributed by atoms with van der Waals surface area (Å²) in [5, 5.41) is 2.52. The third-order valence-electron chi connectivity index (χ3n) is 3.36. The molecule has 0 radical (unpaired) electrons. The van der Waals surface area contributed by atoms with Crippen molar-refractivity contribution in [3.8, 4) is 0 Å². The van der Waals surface area contributed by atoms with Crippen LogP contribution in [-0.2, 0) is 35.2 Å². The van der Waals surface area contributed by atoms with Crippen LogP contribution in [0.1, 0.15) is 18.9 Å². The van der Waals surface area contributed by atoms with E-state index in [1.54, 1.807) is 6.92 Å². The minimum atomic E-state index is -0.933. The number of esters is 2. The van der Waals surface area contributed by atoms with E-state index in [1.807, 2.05) is 30.3 Å². The molecule has 0 aliphatic rings. The van der Waals surface area contributed by atoms with Gasteiger partial charge < -0.3 is 19.5 Å². The molecule has 24 heavy (non-hydrogen) atoms. The van der Waals surface area contributed by atoms with E-state index >= 15 is 0 Å². The van der Waals surface area contributed by atoms with Gasteiger partial charge in [0.1, 0.15) is 12.6 Å². The van der Waals surface area contributed by atoms with Crippen molar-refractivity contribution in [1.82, 2.24) is 5.32 Å². The maximum atomic E-state index is 11.9. The van der Waals surface area contributed by atoms with E-state index in [1.165, 1.54) is 14.2 Å². The lowest BCUT2D eigenvalue weighted by atomic mass is 10.0. The fourth-order valence-electron chi connectivity index (χ4n) is 2.08. The highest BCUT2D eigenvalue weighted by molar-refractivity contribution is 5.85. The number of nitrogens with one attached hydrogen (secondary N) is 1. The van der Waals surface area contributed by atoms with Crippen LogP contribution in [0.25, 0.3) is 0 Å². The van der Waals surface area contributed by atoms with Crippen LogP contribution in [0, 0.1) is 5.92 Å². The maximum absolute atomic E-state index is 11.9. The van der Waals surface area contributed by atoms with Crippen LogP contribution in [0.2, 0.25) is 0 Å². The minimum Gasteiger partial charge on any atom is -0.469 e. The molecule has 132 valence electrons. The van der Waals surface area contributed by atoms with Gasteiger partial charge in [-0.2, -0.15) is 0 Å². The lowest BCUT2D eigenvalue weighted by Crippen LogP contribution is -2.44. The van der Waals surface area contributed by atoms with Crippen molar-refractivity contribution in [3.63, 3.8) is 0 Å². The standard InChI is InChI=1S/C17H23NO6/c1-12(16(20)22-2)9-14(17(21)23-3)18-15(19)11-24-10-13-7-5-4-6-8-13/h4-8,12,14H,9-11H2,1-3H3,(H,18,19)/t12-,14-/m0/s1. The summed E-state index contributed by atoms with van der Waals surface area (Å²) in [5.41, 5.74) is 0.939. The van der Waals surface area contributed by atoms with Gasteiger partial charge in [-0.3, -0.25) is 9.59 Å². The van der Waals surface area contributed by atoms with E-state index in [9.17, 15) is 14.4 Å². The molecule has 1 N–H and O–H groups in total. The number of ether oxygens (including phenoxy) is 3. The smallest absolute Gasteiger partial charge is 0.328 e. The second-order valence-electron chi connectivity index (χ2n) is 5.28. The van der Waals surface area contributed by atoms with Crippen LogP contribution in [0.3, 0.4) is 0 Å². The molecule has 0 aliphatic heterocycles. The summed E-state index contributed by atoms with van der Waals surface area (Å²) in [4.78, 5) is 35.1. The van der Waals surface area contributed by atoms with Gasteiger partial charge in [0.15, 0.2) is 0 Å². The van der Waals surface area contributed by atoms with Crippen molar-refractivity contribution in [3.05, 3.63) is 35.9 Å². The van der Waals surface area contributed by atoms with Crippen LogP contribution in [0.15, 0.2) is 30.3 Å². The fraction of sp³-hybridized carbons (Fsp3) is 0.471. The average Bonchev–Trinajstić information content (AvgIpc) is 2.60. The number of hydrogen-bond acceptors (Lipinski definition) is 6. The molecule has 0 heterocycles. The molecule has 0 spiro atoms. The highest BCUT2D eigenvalue weighted by Gasteiger charge is 2.27. The molecule has 1 rings (SSSR count). The predicted octanol–water partition coefficient (Wildman–Crippen LogP) is 1.06. The first-order chi connectivity index (χ1) is 11.5. The Balaban J connectivity index is 2.48. The van der Waals surface area contributed by atoms with E-state index in [4.69, 9.17) is 4.74 Å². The van der Waals surface area contributed by atoms with Gasteiger partial charge in [0.05, 0.1) is 26.7 Å². The summed E-state index contributed by atoms with van der Waals surface area (Å²) >= 11 is 0. The predicted molar refractivity (Wildman–Crippen MR) is 85.8 cm³/mol. The molecule has 0 saturated carbocycles. The van der Waals surface area contributed by atoms with Crippen molar-refractivity contribution < 1.29 is 28.6 Å². The Hall–Kier alpha value is -2.41. The number of carbonyl (C=O) groups is 3. The third kappa shape index (κ3) is 6.78. The topological polar surface area (TPSA) is 90.9 Å². The summed E-state index contributed by atoms with van der Waals surface area (Å²) in [6.45, 7) is 1.70. The second kappa shape index (κ2) is 10.4. The molecule has 0 saturated heterocycles. The van der Waals surface area contributed by atoms with E-state index in [2.05, 4.69) is 14.8 Å². The van der Waals surface area contributed by atoms with Gasteiger partial charge in [-0.25, -0.2) is 4.79 Å². The maximum Gasteiger partial charge on any atom is 0.328 e. The van der Waals surface area contributed by atoms with Gasteiger partial charge >= 0.3 is 11.9 Å². The Bertz CT molecular complexity index is 545. The van der Waals surface area contributed by atoms with E-state index in [0.717, 1.165) is 5.56 Å². The lowest BCUT2D eigenvalue weighted by Gasteiger charge is -2.19. The van der Waals surface area contributed by atoms with Crippen molar-refractivity contribution in [2.45, 2.75) is 26.0 Å². The Kier molecular flexibility index (Phi) is 8.49. The number of rotatable bonds is 9. The zero-order chi connectivity index (χ0) is 17.9. The Morgan fingerprint density at radius 1 is 1.04 bits per heavy atom. The molecule has 0 aliphatic carbocycles. The van der Waals surface area contributed by atoms with Gasteiger partial charge in [-0.05, 0) is 12.0 Å². The monoisotopic (exact) mass is 337 g/mol. The molecular weight excluding hydrogens is 314 g/mol. The largest absolute Gasteiger partial charge is 0.469 e. The van der Waals surface area contributed by atoms with Crippen molar-refractivity contribution >= 4 is 17.8 Å². The number of amides is 1. The Morgan fingerprint density at radius 3 is 2.25 bits per heavy atom. The zero-order valence-corrected chi connectivity index (χ0v) is 14.1. The Labute approximate surface area is 141 Å². The van der Waals surface area contributed by atoms with Gasteiger partial charge in [0.25, 0.3) is 0 Å². The van der Waals surface area contributed by atoms with E-state index in [0.29, 0.717) is 0 Å². The zero-order valence-electron chi connectivity index (χ0n) is 14.1. The fourth-order valence-corrected chi connectivity index (χ4v) is 2.08. The highest BCUT2D eigenvalue weighted by Crippen LogP contribution is 2.09. The quantitative estimate of drug-likeness (QED) is 0.678. The molecular formula is C17H23NO6. The van der Waals surface area contributed by atoms with Gasteiger partial charge in [-0.1, -0.05) is 37.3 Å². The summed E-state index contributed by atoms with van der Waals surface area (Å²) in [5.74, 6) is -2.09. The summed E-state index contributed by atoms with van der Waals surface area (Å²) in [6, 6.07) is 8.47. The first-order valence-electron chi connectivity index (χ1n) is 7.54. The average molecular weight is 337 g/mol. The second-order valence-corrected chi connectivity index (χ2v) is 5.28. The molecule has 1 amide bonds. The SMILES string of the molecule is COC(=O)[C@H](C[C@H](C)C(=O)OC)NC(=O)COCc1ccccc1. The molecule has 7 heteroatoms. The summed E-state index contributed by atoms with van der Waals surface area (Å²) in [6.07, 6.45) is 0.0871. The first kappa shape index (κ1) is 19.6. The molecule has 0 fully saturated rings. The molecule has 0 unspecified atom stereocenters. The van der Waals surface area contributed by atoms with Crippen molar-refractivity contribution in [2.75, 3.05) is 20.8 Å². The minimum absolute atomic E-state index is 0.0871. The molecule has 7 nitrogen and oxygen atoms in total. The van der Waals surface area contributed by atoms with Crippen LogP contribution in [-0.4, -0.2) is 44.7 Å². The van der Waals surface area contributed by atoms with Crippen LogP contribution < -0.4 is 5.32 Å². The lowest BCUT2D eigenvalue weighted by molar-refractivity contribution is -0.149. The third-order valence-corrected chi connectivity index (χ3v) is 3.36.